The average molecular weight is 362 g/mol. The molecule has 0 fully saturated rings. The highest BCUT2D eigenvalue weighted by Gasteiger charge is 2.18. The molecule has 0 amide bonds. The maximum absolute atomic E-state index is 9.70. The molecule has 0 N–H and O–H groups in total. The van der Waals surface area contributed by atoms with Crippen LogP contribution in [0.1, 0.15) is 43.4 Å². The zero-order valence-corrected chi connectivity index (χ0v) is 15.4. The summed E-state index contributed by atoms with van der Waals surface area (Å²) in [6.45, 7) is 3.42. The Morgan fingerprint density at radius 2 is 2.15 bits per heavy atom. The molecule has 3 rings (SSSR count). The second-order valence-electron chi connectivity index (χ2n) is 6.20. The van der Waals surface area contributed by atoms with Crippen LogP contribution in [0.3, 0.4) is 0 Å². The van der Waals surface area contributed by atoms with Crippen LogP contribution in [-0.4, -0.2) is 28.0 Å². The van der Waals surface area contributed by atoms with Gasteiger partial charge in [0, 0.05) is 13.0 Å². The van der Waals surface area contributed by atoms with Gasteiger partial charge in [-0.15, -0.1) is 16.6 Å². The molecule has 0 atom stereocenters. The number of benzene rings is 1. The number of hydrogen-bond donors (Lipinski definition) is 0. The molecule has 2 aromatic rings. The molecular weight excluding hydrogens is 340 g/mol. The highest BCUT2D eigenvalue weighted by molar-refractivity contribution is 5.87. The minimum absolute atomic E-state index is 0.171. The molecule has 1 aromatic carbocycles. The fourth-order valence-corrected chi connectivity index (χ4v) is 3.12. The van der Waals surface area contributed by atoms with Crippen molar-refractivity contribution in [2.24, 2.45) is 0 Å². The van der Waals surface area contributed by atoms with Crippen molar-refractivity contribution in [2.45, 2.75) is 39.2 Å². The fourth-order valence-electron chi connectivity index (χ4n) is 3.12. The first-order valence-electron chi connectivity index (χ1n) is 9.14. The summed E-state index contributed by atoms with van der Waals surface area (Å²) in [5, 5.41) is 18.2. The lowest BCUT2D eigenvalue weighted by atomic mass is 10.1. The van der Waals surface area contributed by atoms with Gasteiger partial charge in [0.2, 0.25) is 0 Å². The van der Waals surface area contributed by atoms with E-state index in [2.05, 4.69) is 26.8 Å². The number of nitrogens with zero attached hydrogens (tertiary/aromatic N) is 4. The molecule has 0 bridgehead atoms. The topological polar surface area (TPSA) is 73.0 Å². The van der Waals surface area contributed by atoms with E-state index in [1.165, 1.54) is 6.42 Å². The summed E-state index contributed by atoms with van der Waals surface area (Å²) in [4.78, 5) is 0. The number of terminal acetylenes is 1. The Morgan fingerprint density at radius 1 is 1.26 bits per heavy atom. The van der Waals surface area contributed by atoms with Crippen LogP contribution < -0.4 is 9.47 Å². The standard InChI is InChI=1S/C21H22N4O2/c1-3-12-27-18-10-9-16(14-19(18)26-4-2)13-17(15-22)21-24-23-20-8-6-5-7-11-25(20)21/h1,9-10,13-14H,4-8,11-12H2,2H3/b17-13+. The number of aromatic nitrogens is 3. The van der Waals surface area contributed by atoms with Gasteiger partial charge in [-0.3, -0.25) is 0 Å². The molecule has 27 heavy (non-hydrogen) atoms. The largest absolute Gasteiger partial charge is 0.490 e. The number of hydrogen-bond acceptors (Lipinski definition) is 5. The van der Waals surface area contributed by atoms with E-state index < -0.39 is 0 Å². The minimum Gasteiger partial charge on any atom is -0.490 e. The Balaban J connectivity index is 1.94. The van der Waals surface area contributed by atoms with Crippen molar-refractivity contribution in [2.75, 3.05) is 13.2 Å². The molecule has 0 saturated heterocycles. The summed E-state index contributed by atoms with van der Waals surface area (Å²) >= 11 is 0. The van der Waals surface area contributed by atoms with Crippen LogP contribution in [-0.2, 0) is 13.0 Å². The van der Waals surface area contributed by atoms with Crippen molar-refractivity contribution in [3.05, 3.63) is 35.4 Å². The average Bonchev–Trinajstić information content (AvgIpc) is 2.93. The van der Waals surface area contributed by atoms with E-state index in [0.29, 0.717) is 29.5 Å². The van der Waals surface area contributed by atoms with Gasteiger partial charge in [-0.25, -0.2) is 0 Å². The first kappa shape index (κ1) is 18.5. The molecule has 1 aliphatic heterocycles. The summed E-state index contributed by atoms with van der Waals surface area (Å²) in [6.07, 6.45) is 11.3. The van der Waals surface area contributed by atoms with Gasteiger partial charge in [0.05, 0.1) is 12.2 Å². The van der Waals surface area contributed by atoms with Crippen molar-refractivity contribution < 1.29 is 9.47 Å². The second kappa shape index (κ2) is 8.91. The molecule has 0 saturated carbocycles. The third kappa shape index (κ3) is 4.30. The van der Waals surface area contributed by atoms with Crippen LogP contribution in [0.25, 0.3) is 11.6 Å². The number of allylic oxidation sites excluding steroid dienone is 1. The SMILES string of the molecule is C#CCOc1ccc(/C=C(\C#N)c2nnc3n2CCCCC3)cc1OCC. The molecule has 0 spiro atoms. The Labute approximate surface area is 159 Å². The zero-order valence-electron chi connectivity index (χ0n) is 15.4. The molecule has 0 radical (unpaired) electrons. The quantitative estimate of drug-likeness (QED) is 0.581. The lowest BCUT2D eigenvalue weighted by molar-refractivity contribution is 0.299. The molecule has 1 aromatic heterocycles. The third-order valence-corrected chi connectivity index (χ3v) is 4.36. The van der Waals surface area contributed by atoms with Crippen molar-refractivity contribution in [3.63, 3.8) is 0 Å². The van der Waals surface area contributed by atoms with Gasteiger partial charge in [0.25, 0.3) is 0 Å². The highest BCUT2D eigenvalue weighted by Crippen LogP contribution is 2.30. The molecule has 1 aliphatic rings. The number of aryl methyl sites for hydroxylation is 1. The maximum Gasteiger partial charge on any atom is 0.174 e. The molecule has 2 heterocycles. The molecule has 0 unspecified atom stereocenters. The van der Waals surface area contributed by atoms with Gasteiger partial charge in [-0.1, -0.05) is 18.4 Å². The van der Waals surface area contributed by atoms with Crippen LogP contribution in [0.15, 0.2) is 18.2 Å². The first-order chi connectivity index (χ1) is 13.3. The zero-order chi connectivity index (χ0) is 19.1. The summed E-state index contributed by atoms with van der Waals surface area (Å²) in [5.74, 6) is 5.20. The van der Waals surface area contributed by atoms with Gasteiger partial charge in [0.1, 0.15) is 18.5 Å². The van der Waals surface area contributed by atoms with Crippen molar-refractivity contribution in [1.29, 1.82) is 5.26 Å². The van der Waals surface area contributed by atoms with Crippen LogP contribution in [0, 0.1) is 23.7 Å². The second-order valence-corrected chi connectivity index (χ2v) is 6.20. The predicted octanol–water partition coefficient (Wildman–Crippen LogP) is 3.48. The Morgan fingerprint density at radius 3 is 2.93 bits per heavy atom. The smallest absolute Gasteiger partial charge is 0.174 e. The van der Waals surface area contributed by atoms with E-state index in [9.17, 15) is 5.26 Å². The molecular formula is C21H22N4O2. The van der Waals surface area contributed by atoms with E-state index in [-0.39, 0.29) is 6.61 Å². The molecule has 138 valence electrons. The fraction of sp³-hybridized carbons (Fsp3) is 0.381. The van der Waals surface area contributed by atoms with Gasteiger partial charge < -0.3 is 14.0 Å². The summed E-state index contributed by atoms with van der Waals surface area (Å²) < 4.78 is 13.2. The third-order valence-electron chi connectivity index (χ3n) is 4.36. The van der Waals surface area contributed by atoms with Gasteiger partial charge >= 0.3 is 0 Å². The van der Waals surface area contributed by atoms with Crippen molar-refractivity contribution in [1.82, 2.24) is 14.8 Å². The number of fused-ring (bicyclic) bond motifs is 1. The predicted molar refractivity (Wildman–Crippen MR) is 103 cm³/mol. The Bertz CT molecular complexity index is 915. The van der Waals surface area contributed by atoms with Gasteiger partial charge in [-0.05, 0) is 43.5 Å². The van der Waals surface area contributed by atoms with E-state index in [1.807, 2.05) is 19.1 Å². The van der Waals surface area contributed by atoms with Crippen LogP contribution >= 0.6 is 0 Å². The molecule has 6 heteroatoms. The summed E-state index contributed by atoms with van der Waals surface area (Å²) in [5.41, 5.74) is 1.31. The number of rotatable bonds is 6. The van der Waals surface area contributed by atoms with Crippen molar-refractivity contribution >= 4 is 11.6 Å². The van der Waals surface area contributed by atoms with Crippen LogP contribution in [0.2, 0.25) is 0 Å². The Hall–Kier alpha value is -3.25. The lowest BCUT2D eigenvalue weighted by Gasteiger charge is -2.11. The maximum atomic E-state index is 9.70. The van der Waals surface area contributed by atoms with E-state index in [4.69, 9.17) is 15.9 Å². The summed E-state index contributed by atoms with van der Waals surface area (Å²) in [6, 6.07) is 7.77. The molecule has 0 aliphatic carbocycles. The number of ether oxygens (including phenoxy) is 2. The lowest BCUT2D eigenvalue weighted by Crippen LogP contribution is -2.05. The minimum atomic E-state index is 0.171. The van der Waals surface area contributed by atoms with Crippen LogP contribution in [0.5, 0.6) is 11.5 Å². The van der Waals surface area contributed by atoms with Crippen LogP contribution in [0.4, 0.5) is 0 Å². The first-order valence-corrected chi connectivity index (χ1v) is 9.14. The van der Waals surface area contributed by atoms with E-state index in [1.54, 1.807) is 12.1 Å². The number of nitriles is 1. The monoisotopic (exact) mass is 362 g/mol. The van der Waals surface area contributed by atoms with Gasteiger partial charge in [-0.2, -0.15) is 5.26 Å². The highest BCUT2D eigenvalue weighted by atomic mass is 16.5. The van der Waals surface area contributed by atoms with Gasteiger partial charge in [0.15, 0.2) is 17.3 Å². The Kier molecular flexibility index (Phi) is 6.12. The van der Waals surface area contributed by atoms with Crippen molar-refractivity contribution in [3.8, 4) is 29.9 Å². The summed E-state index contributed by atoms with van der Waals surface area (Å²) in [7, 11) is 0. The molecule has 6 nitrogen and oxygen atoms in total. The van der Waals surface area contributed by atoms with E-state index in [0.717, 1.165) is 37.2 Å². The normalized spacial score (nSPS) is 13.8. The van der Waals surface area contributed by atoms with E-state index >= 15 is 0 Å².